The Bertz CT molecular complexity index is 771. The zero-order valence-electron chi connectivity index (χ0n) is 12.6. The smallest absolute Gasteiger partial charge is 0.217 e. The lowest BCUT2D eigenvalue weighted by molar-refractivity contribution is 0.220. The maximum absolute atomic E-state index is 14.5. The van der Waals surface area contributed by atoms with E-state index in [-0.39, 0.29) is 11.5 Å². The molecule has 0 saturated carbocycles. The molecule has 0 bridgehead atoms. The van der Waals surface area contributed by atoms with Crippen LogP contribution in [0.2, 0.25) is 0 Å². The van der Waals surface area contributed by atoms with Crippen molar-refractivity contribution in [2.24, 2.45) is 12.5 Å². The minimum absolute atomic E-state index is 0.0137. The molecule has 1 aliphatic carbocycles. The molecule has 0 spiro atoms. The van der Waals surface area contributed by atoms with E-state index in [4.69, 9.17) is 0 Å². The van der Waals surface area contributed by atoms with Crippen molar-refractivity contribution in [3.8, 4) is 11.6 Å². The normalized spacial score (nSPS) is 30.0. The lowest BCUT2D eigenvalue weighted by atomic mass is 9.76. The Balaban J connectivity index is 1.76. The van der Waals surface area contributed by atoms with Crippen LogP contribution in [0.15, 0.2) is 36.7 Å². The van der Waals surface area contributed by atoms with Gasteiger partial charge in [0.05, 0.1) is 6.04 Å². The summed E-state index contributed by atoms with van der Waals surface area (Å²) in [6, 6.07) is -0.0137. The van der Waals surface area contributed by atoms with Crippen molar-refractivity contribution >= 4 is 0 Å². The molecule has 0 saturated heterocycles. The van der Waals surface area contributed by atoms with Crippen LogP contribution in [-0.2, 0) is 7.05 Å². The van der Waals surface area contributed by atoms with Gasteiger partial charge in [-0.25, -0.2) is 19.0 Å². The predicted octanol–water partition coefficient (Wildman–Crippen LogP) is 3.16. The molecule has 6 heteroatoms. The van der Waals surface area contributed by atoms with E-state index in [9.17, 15) is 4.39 Å². The van der Waals surface area contributed by atoms with Crippen molar-refractivity contribution in [2.75, 3.05) is 0 Å². The predicted molar refractivity (Wildman–Crippen MR) is 80.7 cm³/mol. The van der Waals surface area contributed by atoms with E-state index >= 15 is 0 Å². The largest absolute Gasteiger partial charge is 0.331 e. The minimum Gasteiger partial charge on any atom is -0.331 e. The highest BCUT2D eigenvalue weighted by atomic mass is 19.1. The average Bonchev–Trinajstić information content (AvgIpc) is 3.16. The van der Waals surface area contributed by atoms with Gasteiger partial charge in [-0.3, -0.25) is 0 Å². The standard InChI is InChI=1S/C16H18FN5/c1-16(6-4-3-5-7-16)12-10-11(17)14-19-13(20-22(12)14)15-18-8-9-21(15)2/h3-6,8-9,11-12H,7,10H2,1-2H3/t11-,12-,16?/m0/s1. The number of rotatable bonds is 2. The molecule has 3 atom stereocenters. The number of halogens is 1. The van der Waals surface area contributed by atoms with Gasteiger partial charge in [0, 0.05) is 31.3 Å². The molecule has 4 rings (SSSR count). The molecule has 1 unspecified atom stereocenters. The van der Waals surface area contributed by atoms with Crippen molar-refractivity contribution in [1.29, 1.82) is 0 Å². The third kappa shape index (κ3) is 1.86. The van der Waals surface area contributed by atoms with Crippen LogP contribution in [-0.4, -0.2) is 24.3 Å². The lowest BCUT2D eigenvalue weighted by Crippen LogP contribution is -2.27. The maximum atomic E-state index is 14.5. The lowest BCUT2D eigenvalue weighted by Gasteiger charge is -2.33. The van der Waals surface area contributed by atoms with Crippen molar-refractivity contribution in [3.05, 3.63) is 42.5 Å². The average molecular weight is 299 g/mol. The van der Waals surface area contributed by atoms with E-state index in [2.05, 4.69) is 34.1 Å². The Hall–Kier alpha value is -2.24. The van der Waals surface area contributed by atoms with Gasteiger partial charge in [0.15, 0.2) is 17.8 Å². The molecule has 22 heavy (non-hydrogen) atoms. The van der Waals surface area contributed by atoms with Gasteiger partial charge in [-0.2, -0.15) is 0 Å². The first-order valence-corrected chi connectivity index (χ1v) is 7.51. The van der Waals surface area contributed by atoms with Crippen LogP contribution in [0.3, 0.4) is 0 Å². The monoisotopic (exact) mass is 299 g/mol. The molecule has 5 nitrogen and oxygen atoms in total. The fourth-order valence-electron chi connectivity index (χ4n) is 3.40. The molecule has 1 aliphatic heterocycles. The topological polar surface area (TPSA) is 48.5 Å². The van der Waals surface area contributed by atoms with E-state index in [0.29, 0.717) is 23.9 Å². The van der Waals surface area contributed by atoms with Crippen LogP contribution in [0.25, 0.3) is 11.6 Å². The third-order valence-corrected chi connectivity index (χ3v) is 4.73. The van der Waals surface area contributed by atoms with Gasteiger partial charge in [0.25, 0.3) is 0 Å². The summed E-state index contributed by atoms with van der Waals surface area (Å²) in [5.74, 6) is 1.58. The number of fused-ring (bicyclic) bond motifs is 1. The van der Waals surface area contributed by atoms with Gasteiger partial charge < -0.3 is 4.57 Å². The van der Waals surface area contributed by atoms with Gasteiger partial charge in [-0.15, -0.1) is 5.10 Å². The second-order valence-electron chi connectivity index (χ2n) is 6.32. The Kier molecular flexibility index (Phi) is 2.82. The quantitative estimate of drug-likeness (QED) is 0.856. The van der Waals surface area contributed by atoms with Crippen molar-refractivity contribution in [3.63, 3.8) is 0 Å². The summed E-state index contributed by atoms with van der Waals surface area (Å²) in [5.41, 5.74) is -0.128. The molecular weight excluding hydrogens is 281 g/mol. The third-order valence-electron chi connectivity index (χ3n) is 4.73. The number of hydrogen-bond acceptors (Lipinski definition) is 3. The van der Waals surface area contributed by atoms with Crippen LogP contribution < -0.4 is 0 Å². The molecule has 0 amide bonds. The molecular formula is C16H18FN5. The number of allylic oxidation sites excluding steroid dienone is 4. The van der Waals surface area contributed by atoms with Gasteiger partial charge in [0.1, 0.15) is 0 Å². The highest BCUT2D eigenvalue weighted by Crippen LogP contribution is 2.49. The van der Waals surface area contributed by atoms with Crippen molar-refractivity contribution in [2.45, 2.75) is 32.0 Å². The van der Waals surface area contributed by atoms with Gasteiger partial charge >= 0.3 is 0 Å². The van der Waals surface area contributed by atoms with Gasteiger partial charge in [0.2, 0.25) is 5.82 Å². The van der Waals surface area contributed by atoms with Crippen LogP contribution >= 0.6 is 0 Å². The summed E-state index contributed by atoms with van der Waals surface area (Å²) < 4.78 is 18.1. The number of aromatic nitrogens is 5. The van der Waals surface area contributed by atoms with Crippen LogP contribution in [0, 0.1) is 5.41 Å². The first-order valence-electron chi connectivity index (χ1n) is 7.51. The molecule has 114 valence electrons. The zero-order valence-corrected chi connectivity index (χ0v) is 12.6. The molecule has 0 aromatic carbocycles. The van der Waals surface area contributed by atoms with E-state index in [0.717, 1.165) is 6.42 Å². The SMILES string of the molecule is Cn1ccnc1-c1nc2n(n1)[C@H](C1(C)C=CC=CC1)C[C@@H]2F. The highest BCUT2D eigenvalue weighted by Gasteiger charge is 2.44. The molecule has 2 aromatic heterocycles. The zero-order chi connectivity index (χ0) is 15.3. The Morgan fingerprint density at radius 3 is 2.91 bits per heavy atom. The molecule has 3 heterocycles. The van der Waals surface area contributed by atoms with E-state index in [1.165, 1.54) is 0 Å². The van der Waals surface area contributed by atoms with Crippen molar-refractivity contribution < 1.29 is 4.39 Å². The Labute approximate surface area is 128 Å². The molecule has 2 aromatic rings. The minimum atomic E-state index is -1.07. The summed E-state index contributed by atoms with van der Waals surface area (Å²) in [6.07, 6.45) is 12.1. The maximum Gasteiger partial charge on any atom is 0.217 e. The number of aryl methyl sites for hydroxylation is 1. The number of alkyl halides is 1. The van der Waals surface area contributed by atoms with Crippen LogP contribution in [0.1, 0.15) is 37.8 Å². The van der Waals surface area contributed by atoms with Gasteiger partial charge in [-0.05, 0) is 6.42 Å². The number of hydrogen-bond donors (Lipinski definition) is 0. The number of nitrogens with zero attached hydrogens (tertiary/aromatic N) is 5. The molecule has 0 radical (unpaired) electrons. The molecule has 0 fully saturated rings. The second kappa shape index (κ2) is 4.63. The second-order valence-corrected chi connectivity index (χ2v) is 6.32. The summed E-state index contributed by atoms with van der Waals surface area (Å²) in [5, 5.41) is 4.57. The first-order chi connectivity index (χ1) is 10.6. The Morgan fingerprint density at radius 2 is 2.23 bits per heavy atom. The first kappa shape index (κ1) is 13.4. The fourth-order valence-corrected chi connectivity index (χ4v) is 3.40. The highest BCUT2D eigenvalue weighted by molar-refractivity contribution is 5.43. The van der Waals surface area contributed by atoms with Crippen molar-refractivity contribution in [1.82, 2.24) is 24.3 Å². The van der Waals surface area contributed by atoms with Crippen LogP contribution in [0.5, 0.6) is 0 Å². The summed E-state index contributed by atoms with van der Waals surface area (Å²) in [6.45, 7) is 2.15. The summed E-state index contributed by atoms with van der Waals surface area (Å²) in [4.78, 5) is 8.66. The fraction of sp³-hybridized carbons (Fsp3) is 0.438. The summed E-state index contributed by atoms with van der Waals surface area (Å²) in [7, 11) is 1.88. The summed E-state index contributed by atoms with van der Waals surface area (Å²) >= 11 is 0. The molecule has 2 aliphatic rings. The van der Waals surface area contributed by atoms with E-state index in [1.54, 1.807) is 10.9 Å². The van der Waals surface area contributed by atoms with E-state index in [1.807, 2.05) is 30.0 Å². The van der Waals surface area contributed by atoms with Crippen LogP contribution in [0.4, 0.5) is 4.39 Å². The van der Waals surface area contributed by atoms with Gasteiger partial charge in [-0.1, -0.05) is 31.2 Å². The molecule has 0 N–H and O–H groups in total. The number of imidazole rings is 1. The Morgan fingerprint density at radius 1 is 1.36 bits per heavy atom. The van der Waals surface area contributed by atoms with E-state index < -0.39 is 6.17 Å².